The zero-order valence-electron chi connectivity index (χ0n) is 16.9. The van der Waals surface area contributed by atoms with E-state index in [2.05, 4.69) is 64.4 Å². The fourth-order valence-electron chi connectivity index (χ4n) is 2.90. The molecule has 0 spiro atoms. The molecule has 0 bridgehead atoms. The lowest BCUT2D eigenvalue weighted by Crippen LogP contribution is -2.19. The lowest BCUT2D eigenvalue weighted by atomic mass is 9.78. The average Bonchev–Trinajstić information content (AvgIpc) is 2.98. The molecule has 0 saturated carbocycles. The van der Waals surface area contributed by atoms with Crippen LogP contribution < -0.4 is 10.1 Å². The van der Waals surface area contributed by atoms with E-state index in [-0.39, 0.29) is 10.8 Å². The van der Waals surface area contributed by atoms with Crippen molar-refractivity contribution >= 4 is 11.3 Å². The van der Waals surface area contributed by atoms with Crippen molar-refractivity contribution in [1.82, 2.24) is 10.3 Å². The highest BCUT2D eigenvalue weighted by Crippen LogP contribution is 2.42. The summed E-state index contributed by atoms with van der Waals surface area (Å²) in [5.74, 6) is 1.01. The first-order valence-corrected chi connectivity index (χ1v) is 9.78. The van der Waals surface area contributed by atoms with Crippen LogP contribution in [0.25, 0.3) is 11.3 Å². The zero-order chi connectivity index (χ0) is 18.8. The Hall–Kier alpha value is -1.39. The molecule has 1 heterocycles. The maximum atomic E-state index is 5.85. The molecular formula is C21H32N2OS. The minimum Gasteiger partial charge on any atom is -0.496 e. The van der Waals surface area contributed by atoms with E-state index in [1.54, 1.807) is 18.4 Å². The van der Waals surface area contributed by atoms with Crippen LogP contribution in [0, 0.1) is 0 Å². The summed E-state index contributed by atoms with van der Waals surface area (Å²) in [6, 6.07) is 4.51. The standard InChI is InChI=1S/C21H32N2OS/c1-20(2,3)15-11-14(12-16(19(15)24-8)21(4,5)6)17-13-25-18(23-17)9-10-22-7/h11-13,22H,9-10H2,1-8H3. The quantitative estimate of drug-likeness (QED) is 0.798. The van der Waals surface area contributed by atoms with Crippen molar-refractivity contribution in [1.29, 1.82) is 0 Å². The van der Waals surface area contributed by atoms with E-state index >= 15 is 0 Å². The van der Waals surface area contributed by atoms with E-state index in [4.69, 9.17) is 9.72 Å². The molecule has 4 heteroatoms. The summed E-state index contributed by atoms with van der Waals surface area (Å²) in [5, 5.41) is 6.54. The molecule has 0 radical (unpaired) electrons. The van der Waals surface area contributed by atoms with Gasteiger partial charge in [0.1, 0.15) is 5.75 Å². The Morgan fingerprint density at radius 3 is 2.04 bits per heavy atom. The van der Waals surface area contributed by atoms with Gasteiger partial charge in [-0.05, 0) is 30.0 Å². The van der Waals surface area contributed by atoms with Gasteiger partial charge in [-0.15, -0.1) is 11.3 Å². The number of hydrogen-bond donors (Lipinski definition) is 1. The number of nitrogens with zero attached hydrogens (tertiary/aromatic N) is 1. The van der Waals surface area contributed by atoms with Crippen LogP contribution in [0.1, 0.15) is 57.7 Å². The summed E-state index contributed by atoms with van der Waals surface area (Å²) in [7, 11) is 3.75. The van der Waals surface area contributed by atoms with E-state index in [1.165, 1.54) is 21.7 Å². The van der Waals surface area contributed by atoms with Crippen LogP contribution in [0.3, 0.4) is 0 Å². The molecule has 25 heavy (non-hydrogen) atoms. The molecule has 0 aliphatic heterocycles. The molecule has 3 nitrogen and oxygen atoms in total. The van der Waals surface area contributed by atoms with Gasteiger partial charge in [-0.3, -0.25) is 0 Å². The molecule has 0 atom stereocenters. The van der Waals surface area contributed by atoms with Gasteiger partial charge in [0.25, 0.3) is 0 Å². The first-order chi connectivity index (χ1) is 11.6. The largest absolute Gasteiger partial charge is 0.496 e. The molecule has 0 aliphatic rings. The molecule has 0 unspecified atom stereocenters. The number of aromatic nitrogens is 1. The topological polar surface area (TPSA) is 34.2 Å². The van der Waals surface area contributed by atoms with Crippen molar-refractivity contribution in [3.63, 3.8) is 0 Å². The molecule has 0 fully saturated rings. The molecule has 2 aromatic rings. The molecule has 0 saturated heterocycles. The van der Waals surface area contributed by atoms with Crippen molar-refractivity contribution < 1.29 is 4.74 Å². The summed E-state index contributed by atoms with van der Waals surface area (Å²) in [6.07, 6.45) is 0.968. The van der Waals surface area contributed by atoms with Gasteiger partial charge in [0.15, 0.2) is 0 Å². The van der Waals surface area contributed by atoms with Crippen LogP contribution in [0.4, 0.5) is 0 Å². The summed E-state index contributed by atoms with van der Waals surface area (Å²) < 4.78 is 5.85. The van der Waals surface area contributed by atoms with Crippen LogP contribution >= 0.6 is 11.3 Å². The van der Waals surface area contributed by atoms with Gasteiger partial charge in [-0.25, -0.2) is 4.98 Å². The number of nitrogens with one attached hydrogen (secondary N) is 1. The van der Waals surface area contributed by atoms with Crippen LogP contribution in [-0.2, 0) is 17.3 Å². The second-order valence-electron chi connectivity index (χ2n) is 8.58. The highest BCUT2D eigenvalue weighted by Gasteiger charge is 2.28. The average molecular weight is 361 g/mol. The van der Waals surface area contributed by atoms with Crippen molar-refractivity contribution in [2.45, 2.75) is 58.8 Å². The Bertz CT molecular complexity index is 685. The number of thiazole rings is 1. The Morgan fingerprint density at radius 2 is 1.60 bits per heavy atom. The third-order valence-electron chi connectivity index (χ3n) is 4.35. The smallest absolute Gasteiger partial charge is 0.126 e. The Morgan fingerprint density at radius 1 is 1.04 bits per heavy atom. The van der Waals surface area contributed by atoms with E-state index in [1.807, 2.05) is 7.05 Å². The highest BCUT2D eigenvalue weighted by atomic mass is 32.1. The highest BCUT2D eigenvalue weighted by molar-refractivity contribution is 7.09. The van der Waals surface area contributed by atoms with Crippen molar-refractivity contribution in [2.24, 2.45) is 0 Å². The Kier molecular flexibility index (Phi) is 5.95. The van der Waals surface area contributed by atoms with Gasteiger partial charge in [-0.2, -0.15) is 0 Å². The number of rotatable bonds is 5. The van der Waals surface area contributed by atoms with E-state index in [9.17, 15) is 0 Å². The van der Waals surface area contributed by atoms with Gasteiger partial charge in [0.2, 0.25) is 0 Å². The molecule has 138 valence electrons. The number of benzene rings is 1. The first kappa shape index (κ1) is 19.9. The SMILES string of the molecule is CNCCc1nc(-c2cc(C(C)(C)C)c(OC)c(C(C)(C)C)c2)cs1. The third-order valence-corrected chi connectivity index (χ3v) is 5.25. The van der Waals surface area contributed by atoms with Crippen LogP contribution in [0.2, 0.25) is 0 Å². The third kappa shape index (κ3) is 4.62. The van der Waals surface area contributed by atoms with Crippen LogP contribution in [0.5, 0.6) is 5.75 Å². The number of methoxy groups -OCH3 is 1. The lowest BCUT2D eigenvalue weighted by Gasteiger charge is -2.29. The fourth-order valence-corrected chi connectivity index (χ4v) is 3.71. The van der Waals surface area contributed by atoms with Crippen LogP contribution in [-0.4, -0.2) is 25.7 Å². The Labute approximate surface area is 156 Å². The number of hydrogen-bond acceptors (Lipinski definition) is 4. The minimum absolute atomic E-state index is 0.00629. The maximum Gasteiger partial charge on any atom is 0.126 e. The molecule has 1 N–H and O–H groups in total. The van der Waals surface area contributed by atoms with E-state index in [0.717, 1.165) is 24.4 Å². The minimum atomic E-state index is 0.00629. The molecular weight excluding hydrogens is 328 g/mol. The second-order valence-corrected chi connectivity index (χ2v) is 9.53. The van der Waals surface area contributed by atoms with Crippen molar-refractivity contribution in [2.75, 3.05) is 20.7 Å². The number of likely N-dealkylation sites (N-methyl/N-ethyl adjacent to an activating group) is 1. The molecule has 2 rings (SSSR count). The maximum absolute atomic E-state index is 5.85. The van der Waals surface area contributed by atoms with Gasteiger partial charge in [0.05, 0.1) is 17.8 Å². The Balaban J connectivity index is 2.61. The summed E-state index contributed by atoms with van der Waals surface area (Å²) in [6.45, 7) is 14.4. The second kappa shape index (κ2) is 7.46. The van der Waals surface area contributed by atoms with Crippen molar-refractivity contribution in [3.05, 3.63) is 33.6 Å². The first-order valence-electron chi connectivity index (χ1n) is 8.90. The molecule has 1 aromatic heterocycles. The van der Waals surface area contributed by atoms with Crippen LogP contribution in [0.15, 0.2) is 17.5 Å². The van der Waals surface area contributed by atoms with E-state index in [0.29, 0.717) is 0 Å². The van der Waals surface area contributed by atoms with Gasteiger partial charge >= 0.3 is 0 Å². The predicted octanol–water partition coefficient (Wildman–Crippen LogP) is 5.18. The molecule has 0 amide bonds. The normalized spacial score (nSPS) is 12.5. The molecule has 1 aromatic carbocycles. The van der Waals surface area contributed by atoms with Gasteiger partial charge in [-0.1, -0.05) is 41.5 Å². The van der Waals surface area contributed by atoms with Crippen molar-refractivity contribution in [3.8, 4) is 17.0 Å². The van der Waals surface area contributed by atoms with E-state index < -0.39 is 0 Å². The van der Waals surface area contributed by atoms with Gasteiger partial charge < -0.3 is 10.1 Å². The van der Waals surface area contributed by atoms with Gasteiger partial charge in [0, 0.05) is 35.0 Å². The monoisotopic (exact) mass is 360 g/mol. The number of ether oxygens (including phenoxy) is 1. The predicted molar refractivity (Wildman–Crippen MR) is 109 cm³/mol. The zero-order valence-corrected chi connectivity index (χ0v) is 17.7. The summed E-state index contributed by atoms with van der Waals surface area (Å²) >= 11 is 1.74. The fraction of sp³-hybridized carbons (Fsp3) is 0.571. The molecule has 0 aliphatic carbocycles. The summed E-state index contributed by atoms with van der Waals surface area (Å²) in [4.78, 5) is 4.86. The summed E-state index contributed by atoms with van der Waals surface area (Å²) in [5.41, 5.74) is 4.74. The lowest BCUT2D eigenvalue weighted by molar-refractivity contribution is 0.381.